The largest absolute Gasteiger partial charge is 0.487 e. The number of benzene rings is 1. The van der Waals surface area contributed by atoms with Crippen LogP contribution < -0.4 is 4.74 Å². The summed E-state index contributed by atoms with van der Waals surface area (Å²) < 4.78 is 44.4. The lowest BCUT2D eigenvalue weighted by atomic mass is 9.99. The zero-order valence-corrected chi connectivity index (χ0v) is 15.0. The van der Waals surface area contributed by atoms with E-state index in [0.717, 1.165) is 18.9 Å². The molecule has 1 saturated heterocycles. The van der Waals surface area contributed by atoms with E-state index in [2.05, 4.69) is 11.9 Å². The van der Waals surface area contributed by atoms with Gasteiger partial charge in [0, 0.05) is 13.1 Å². The Morgan fingerprint density at radius 2 is 1.85 bits per heavy atom. The number of ether oxygens (including phenoxy) is 1. The van der Waals surface area contributed by atoms with Crippen molar-refractivity contribution >= 4 is 5.91 Å². The molecule has 0 radical (unpaired) electrons. The summed E-state index contributed by atoms with van der Waals surface area (Å²) in [5.74, 6) is 0.198. The number of para-hydroxylation sites is 1. The fourth-order valence-corrected chi connectivity index (χ4v) is 3.03. The predicted octanol–water partition coefficient (Wildman–Crippen LogP) is 4.55. The highest BCUT2D eigenvalue weighted by Crippen LogP contribution is 2.36. The third-order valence-corrected chi connectivity index (χ3v) is 4.66. The number of nitrogens with zero attached hydrogens (tertiary/aromatic N) is 2. The fraction of sp³-hybridized carbons (Fsp3) is 0.400. The molecule has 1 aromatic carbocycles. The van der Waals surface area contributed by atoms with Crippen LogP contribution in [0.5, 0.6) is 5.75 Å². The Labute approximate surface area is 156 Å². The molecule has 0 N–H and O–H groups in total. The van der Waals surface area contributed by atoms with Crippen molar-refractivity contribution in [1.82, 2.24) is 9.88 Å². The van der Waals surface area contributed by atoms with E-state index < -0.39 is 11.7 Å². The van der Waals surface area contributed by atoms with E-state index in [1.807, 2.05) is 0 Å². The van der Waals surface area contributed by atoms with Gasteiger partial charge in [0.05, 0.1) is 11.3 Å². The first-order valence-electron chi connectivity index (χ1n) is 8.89. The van der Waals surface area contributed by atoms with Crippen LogP contribution in [0.2, 0.25) is 0 Å². The Bertz CT molecular complexity index is 800. The predicted molar refractivity (Wildman–Crippen MR) is 94.3 cm³/mol. The normalized spacial score (nSPS) is 15.6. The minimum atomic E-state index is -4.49. The second-order valence-corrected chi connectivity index (χ2v) is 6.77. The lowest BCUT2D eigenvalue weighted by molar-refractivity contribution is -0.139. The zero-order chi connectivity index (χ0) is 19.4. The first kappa shape index (κ1) is 19.2. The van der Waals surface area contributed by atoms with Gasteiger partial charge in [-0.15, -0.1) is 0 Å². The Balaban J connectivity index is 1.69. The Morgan fingerprint density at radius 3 is 2.56 bits per heavy atom. The molecule has 1 aromatic heterocycles. The first-order chi connectivity index (χ1) is 12.8. The molecule has 2 aromatic rings. The minimum absolute atomic E-state index is 0.148. The molecular weight excluding hydrogens is 357 g/mol. The highest BCUT2D eigenvalue weighted by molar-refractivity contribution is 5.92. The van der Waals surface area contributed by atoms with Crippen molar-refractivity contribution in [2.45, 2.75) is 32.5 Å². The van der Waals surface area contributed by atoms with Gasteiger partial charge in [0.2, 0.25) is 0 Å². The maximum absolute atomic E-state index is 13.0. The average Bonchev–Trinajstić information content (AvgIpc) is 2.66. The Hall–Kier alpha value is -2.57. The second-order valence-electron chi connectivity index (χ2n) is 6.77. The number of likely N-dealkylation sites (tertiary alicyclic amines) is 1. The van der Waals surface area contributed by atoms with Gasteiger partial charge in [-0.2, -0.15) is 13.2 Å². The van der Waals surface area contributed by atoms with E-state index in [9.17, 15) is 18.0 Å². The summed E-state index contributed by atoms with van der Waals surface area (Å²) in [5.41, 5.74) is -0.141. The standard InChI is InChI=1S/C20H21F3N2O2/c1-14-9-11-25(12-10-14)19(26)17-7-4-5-15(24-17)13-27-18-8-3-2-6-16(18)20(21,22)23/h2-8,14H,9-13H2,1H3. The molecule has 1 amide bonds. The SMILES string of the molecule is CC1CCN(C(=O)c2cccc(COc3ccccc3C(F)(F)F)n2)CC1. The lowest BCUT2D eigenvalue weighted by Crippen LogP contribution is -2.38. The van der Waals surface area contributed by atoms with Gasteiger partial charge in [0.1, 0.15) is 18.1 Å². The number of carbonyl (C=O) groups is 1. The lowest BCUT2D eigenvalue weighted by Gasteiger charge is -2.30. The number of carbonyl (C=O) groups excluding carboxylic acids is 1. The van der Waals surface area contributed by atoms with Crippen LogP contribution in [0, 0.1) is 5.92 Å². The van der Waals surface area contributed by atoms with E-state index >= 15 is 0 Å². The number of aromatic nitrogens is 1. The van der Waals surface area contributed by atoms with Gasteiger partial charge in [0.15, 0.2) is 0 Å². The summed E-state index contributed by atoms with van der Waals surface area (Å²) in [5, 5.41) is 0. The molecular formula is C20H21F3N2O2. The molecule has 0 aliphatic carbocycles. The van der Waals surface area contributed by atoms with Crippen molar-refractivity contribution < 1.29 is 22.7 Å². The molecule has 4 nitrogen and oxygen atoms in total. The molecule has 7 heteroatoms. The number of halogens is 3. The summed E-state index contributed by atoms with van der Waals surface area (Å²) in [6.07, 6.45) is -2.57. The van der Waals surface area contributed by atoms with Gasteiger partial charge in [0.25, 0.3) is 5.91 Å². The number of alkyl halides is 3. The fourth-order valence-electron chi connectivity index (χ4n) is 3.03. The van der Waals surface area contributed by atoms with Crippen molar-refractivity contribution in [3.8, 4) is 5.75 Å². The van der Waals surface area contributed by atoms with Crippen molar-refractivity contribution in [3.05, 3.63) is 59.4 Å². The number of rotatable bonds is 4. The molecule has 0 bridgehead atoms. The third kappa shape index (κ3) is 4.78. The van der Waals surface area contributed by atoms with Crippen molar-refractivity contribution in [1.29, 1.82) is 0 Å². The molecule has 0 unspecified atom stereocenters. The quantitative estimate of drug-likeness (QED) is 0.784. The minimum Gasteiger partial charge on any atom is -0.487 e. The number of hydrogen-bond acceptors (Lipinski definition) is 3. The van der Waals surface area contributed by atoms with Gasteiger partial charge in [-0.3, -0.25) is 4.79 Å². The van der Waals surface area contributed by atoms with Gasteiger partial charge in [-0.1, -0.05) is 25.1 Å². The molecule has 1 aliphatic rings. The van der Waals surface area contributed by atoms with Crippen LogP contribution in [-0.2, 0) is 12.8 Å². The molecule has 2 heterocycles. The van der Waals surface area contributed by atoms with E-state index in [1.54, 1.807) is 23.1 Å². The third-order valence-electron chi connectivity index (χ3n) is 4.66. The van der Waals surface area contributed by atoms with Crippen LogP contribution in [-0.4, -0.2) is 28.9 Å². The van der Waals surface area contributed by atoms with Crippen LogP contribution in [0.4, 0.5) is 13.2 Å². The average molecular weight is 378 g/mol. The summed E-state index contributed by atoms with van der Waals surface area (Å²) in [7, 11) is 0. The summed E-state index contributed by atoms with van der Waals surface area (Å²) in [6, 6.07) is 9.95. The van der Waals surface area contributed by atoms with Crippen LogP contribution >= 0.6 is 0 Å². The maximum Gasteiger partial charge on any atom is 0.419 e. The van der Waals surface area contributed by atoms with Crippen LogP contribution in [0.1, 0.15) is 41.5 Å². The molecule has 1 aliphatic heterocycles. The van der Waals surface area contributed by atoms with E-state index in [1.165, 1.54) is 18.2 Å². The number of piperidine rings is 1. The Morgan fingerprint density at radius 1 is 1.15 bits per heavy atom. The monoisotopic (exact) mass is 378 g/mol. The highest BCUT2D eigenvalue weighted by atomic mass is 19.4. The summed E-state index contributed by atoms with van der Waals surface area (Å²) in [4.78, 5) is 18.6. The first-order valence-corrected chi connectivity index (χ1v) is 8.89. The van der Waals surface area contributed by atoms with Gasteiger partial charge >= 0.3 is 6.18 Å². The second kappa shape index (κ2) is 7.98. The molecule has 0 saturated carbocycles. The van der Waals surface area contributed by atoms with E-state index in [0.29, 0.717) is 24.7 Å². The van der Waals surface area contributed by atoms with Crippen LogP contribution in [0.25, 0.3) is 0 Å². The Kier molecular flexibility index (Phi) is 5.68. The summed E-state index contributed by atoms with van der Waals surface area (Å²) >= 11 is 0. The number of amides is 1. The summed E-state index contributed by atoms with van der Waals surface area (Å²) in [6.45, 7) is 3.41. The van der Waals surface area contributed by atoms with Gasteiger partial charge in [-0.25, -0.2) is 4.98 Å². The van der Waals surface area contributed by atoms with Crippen LogP contribution in [0.15, 0.2) is 42.5 Å². The zero-order valence-electron chi connectivity index (χ0n) is 15.0. The van der Waals surface area contributed by atoms with Gasteiger partial charge in [-0.05, 0) is 43.0 Å². The number of hydrogen-bond donors (Lipinski definition) is 0. The molecule has 144 valence electrons. The van der Waals surface area contributed by atoms with Gasteiger partial charge < -0.3 is 9.64 Å². The smallest absolute Gasteiger partial charge is 0.419 e. The number of pyridine rings is 1. The van der Waals surface area contributed by atoms with Crippen molar-refractivity contribution in [2.24, 2.45) is 5.92 Å². The maximum atomic E-state index is 13.0. The van der Waals surface area contributed by atoms with E-state index in [4.69, 9.17) is 4.74 Å². The van der Waals surface area contributed by atoms with Crippen molar-refractivity contribution in [2.75, 3.05) is 13.1 Å². The van der Waals surface area contributed by atoms with Crippen LogP contribution in [0.3, 0.4) is 0 Å². The molecule has 3 rings (SSSR count). The molecule has 0 spiro atoms. The topological polar surface area (TPSA) is 42.4 Å². The van der Waals surface area contributed by atoms with Crippen molar-refractivity contribution in [3.63, 3.8) is 0 Å². The van der Waals surface area contributed by atoms with E-state index in [-0.39, 0.29) is 24.0 Å². The highest BCUT2D eigenvalue weighted by Gasteiger charge is 2.34. The molecule has 0 atom stereocenters. The molecule has 27 heavy (non-hydrogen) atoms. The molecule has 1 fully saturated rings.